The van der Waals surface area contributed by atoms with Gasteiger partial charge in [-0.3, -0.25) is 0 Å². The molecule has 1 rings (SSSR count). The van der Waals surface area contributed by atoms with Crippen LogP contribution >= 0.6 is 0 Å². The van der Waals surface area contributed by atoms with Crippen LogP contribution in [0.3, 0.4) is 0 Å². The first-order chi connectivity index (χ1) is 4.73. The van der Waals surface area contributed by atoms with Crippen molar-refractivity contribution in [3.8, 4) is 0 Å². The third-order valence-corrected chi connectivity index (χ3v) is 3.83. The van der Waals surface area contributed by atoms with Crippen molar-refractivity contribution in [1.29, 1.82) is 0 Å². The molecule has 1 unspecified atom stereocenters. The molecule has 0 saturated heterocycles. The SMILES string of the molecule is C=CC1([SiH3])CCCC1=NO. The summed E-state index contributed by atoms with van der Waals surface area (Å²) < 4.78 is 0. The molecule has 2 nitrogen and oxygen atoms in total. The molecule has 56 valence electrons. The zero-order valence-electron chi connectivity index (χ0n) is 6.30. The van der Waals surface area contributed by atoms with Crippen LogP contribution in [-0.2, 0) is 0 Å². The Morgan fingerprint density at radius 3 is 2.90 bits per heavy atom. The fraction of sp³-hybridized carbons (Fsp3) is 0.571. The van der Waals surface area contributed by atoms with E-state index in [1.54, 1.807) is 0 Å². The second kappa shape index (κ2) is 2.58. The van der Waals surface area contributed by atoms with Crippen molar-refractivity contribution < 1.29 is 5.21 Å². The van der Waals surface area contributed by atoms with Gasteiger partial charge in [-0.25, -0.2) is 0 Å². The Morgan fingerprint density at radius 2 is 2.50 bits per heavy atom. The van der Waals surface area contributed by atoms with Gasteiger partial charge in [-0.1, -0.05) is 11.2 Å². The van der Waals surface area contributed by atoms with Crippen molar-refractivity contribution in [3.05, 3.63) is 12.7 Å². The third kappa shape index (κ3) is 1.01. The van der Waals surface area contributed by atoms with Gasteiger partial charge in [0.15, 0.2) is 0 Å². The molecule has 0 aromatic carbocycles. The molecule has 0 aromatic rings. The zero-order chi connectivity index (χ0) is 7.61. The molecule has 0 bridgehead atoms. The highest BCUT2D eigenvalue weighted by atomic mass is 28.1. The van der Waals surface area contributed by atoms with Gasteiger partial charge in [0, 0.05) is 15.3 Å². The summed E-state index contributed by atoms with van der Waals surface area (Å²) >= 11 is 0. The van der Waals surface area contributed by atoms with Crippen LogP contribution in [0.1, 0.15) is 19.3 Å². The van der Waals surface area contributed by atoms with E-state index in [1.165, 1.54) is 0 Å². The summed E-state index contributed by atoms with van der Waals surface area (Å²) in [5, 5.41) is 12.0. The second-order valence-electron chi connectivity index (χ2n) is 3.02. The molecule has 3 heteroatoms. The summed E-state index contributed by atoms with van der Waals surface area (Å²) in [5.74, 6) is 0. The molecule has 0 radical (unpaired) electrons. The van der Waals surface area contributed by atoms with Crippen LogP contribution in [0.2, 0.25) is 5.04 Å². The van der Waals surface area contributed by atoms with E-state index in [-0.39, 0.29) is 5.04 Å². The highest BCUT2D eigenvalue weighted by Gasteiger charge is 2.32. The molecule has 0 spiro atoms. The molecular weight excluding hydrogens is 142 g/mol. The number of hydrogen-bond donors (Lipinski definition) is 1. The predicted molar refractivity (Wildman–Crippen MR) is 45.9 cm³/mol. The summed E-state index contributed by atoms with van der Waals surface area (Å²) in [6, 6.07) is 0. The van der Waals surface area contributed by atoms with Crippen molar-refractivity contribution in [1.82, 2.24) is 0 Å². The molecule has 0 amide bonds. The Bertz CT molecular complexity index is 178. The van der Waals surface area contributed by atoms with Gasteiger partial charge in [0.25, 0.3) is 0 Å². The molecule has 1 aliphatic carbocycles. The van der Waals surface area contributed by atoms with E-state index in [0.717, 1.165) is 35.2 Å². The van der Waals surface area contributed by atoms with E-state index in [1.807, 2.05) is 6.08 Å². The molecule has 10 heavy (non-hydrogen) atoms. The van der Waals surface area contributed by atoms with Crippen molar-refractivity contribution in [2.75, 3.05) is 0 Å². The average molecular weight is 155 g/mol. The van der Waals surface area contributed by atoms with E-state index in [2.05, 4.69) is 11.7 Å². The Balaban J connectivity index is 2.85. The van der Waals surface area contributed by atoms with Gasteiger partial charge >= 0.3 is 0 Å². The maximum absolute atomic E-state index is 8.60. The predicted octanol–water partition coefficient (Wildman–Crippen LogP) is 0.711. The number of oxime groups is 1. The normalized spacial score (nSPS) is 37.0. The molecule has 0 aliphatic heterocycles. The minimum absolute atomic E-state index is 0.106. The van der Waals surface area contributed by atoms with Crippen LogP contribution < -0.4 is 0 Å². The maximum atomic E-state index is 8.60. The number of allylic oxidation sites excluding steroid dienone is 1. The molecule has 1 saturated carbocycles. The van der Waals surface area contributed by atoms with E-state index in [9.17, 15) is 0 Å². The van der Waals surface area contributed by atoms with Gasteiger partial charge < -0.3 is 5.21 Å². The Labute approximate surface area is 64.0 Å². The lowest BCUT2D eigenvalue weighted by molar-refractivity contribution is 0.316. The number of rotatable bonds is 1. The van der Waals surface area contributed by atoms with Crippen LogP contribution in [0.25, 0.3) is 0 Å². The smallest absolute Gasteiger partial charge is 0.0631 e. The third-order valence-electron chi connectivity index (χ3n) is 2.34. The summed E-state index contributed by atoms with van der Waals surface area (Å²) in [4.78, 5) is 0. The topological polar surface area (TPSA) is 32.6 Å². The zero-order valence-corrected chi connectivity index (χ0v) is 8.30. The van der Waals surface area contributed by atoms with Crippen molar-refractivity contribution in [2.24, 2.45) is 5.16 Å². The van der Waals surface area contributed by atoms with Crippen molar-refractivity contribution in [2.45, 2.75) is 24.3 Å². The highest BCUT2D eigenvalue weighted by molar-refractivity contribution is 6.32. The summed E-state index contributed by atoms with van der Waals surface area (Å²) in [5.41, 5.74) is 0.939. The fourth-order valence-electron chi connectivity index (χ4n) is 1.44. The van der Waals surface area contributed by atoms with E-state index < -0.39 is 0 Å². The molecule has 1 atom stereocenters. The van der Waals surface area contributed by atoms with Crippen LogP contribution in [0.5, 0.6) is 0 Å². The quantitative estimate of drug-likeness (QED) is 0.257. The lowest BCUT2D eigenvalue weighted by Gasteiger charge is -2.17. The van der Waals surface area contributed by atoms with Crippen LogP contribution in [0, 0.1) is 0 Å². The second-order valence-corrected chi connectivity index (χ2v) is 4.81. The number of hydrogen-bond acceptors (Lipinski definition) is 2. The highest BCUT2D eigenvalue weighted by Crippen LogP contribution is 2.40. The first-order valence-electron chi connectivity index (χ1n) is 3.58. The molecule has 1 N–H and O–H groups in total. The van der Waals surface area contributed by atoms with Gasteiger partial charge in [-0.2, -0.15) is 0 Å². The van der Waals surface area contributed by atoms with Gasteiger partial charge in [-0.15, -0.1) is 6.58 Å². The molecule has 1 aliphatic rings. The number of nitrogens with zero attached hydrogens (tertiary/aromatic N) is 1. The summed E-state index contributed by atoms with van der Waals surface area (Å²) in [6.07, 6.45) is 5.16. The monoisotopic (exact) mass is 155 g/mol. The Morgan fingerprint density at radius 1 is 1.80 bits per heavy atom. The molecule has 0 heterocycles. The maximum Gasteiger partial charge on any atom is 0.0631 e. The summed E-state index contributed by atoms with van der Waals surface area (Å²) in [6.45, 7) is 3.76. The average Bonchev–Trinajstić information content (AvgIpc) is 2.32. The van der Waals surface area contributed by atoms with Gasteiger partial charge in [-0.05, 0) is 19.3 Å². The standard InChI is InChI=1S/C7H13NOSi/c1-2-7(10)5-3-4-6(7)8-9/h2,9H,1,3-5H2,10H3. The van der Waals surface area contributed by atoms with E-state index in [0.29, 0.717) is 0 Å². The van der Waals surface area contributed by atoms with Crippen molar-refractivity contribution in [3.63, 3.8) is 0 Å². The van der Waals surface area contributed by atoms with Gasteiger partial charge in [0.1, 0.15) is 0 Å². The van der Waals surface area contributed by atoms with Gasteiger partial charge in [0.05, 0.1) is 5.71 Å². The molecular formula is C7H13NOSi. The minimum atomic E-state index is 0.106. The minimum Gasteiger partial charge on any atom is -0.411 e. The Hall–Kier alpha value is -0.573. The Kier molecular flexibility index (Phi) is 1.94. The largest absolute Gasteiger partial charge is 0.411 e. The molecule has 1 fully saturated rings. The fourth-order valence-corrected chi connectivity index (χ4v) is 2.14. The molecule has 0 aromatic heterocycles. The van der Waals surface area contributed by atoms with Crippen LogP contribution in [-0.4, -0.2) is 21.2 Å². The van der Waals surface area contributed by atoms with Crippen molar-refractivity contribution >= 4 is 16.0 Å². The van der Waals surface area contributed by atoms with Crippen LogP contribution in [0.15, 0.2) is 17.8 Å². The lowest BCUT2D eigenvalue weighted by atomic mass is 10.1. The van der Waals surface area contributed by atoms with Crippen LogP contribution in [0.4, 0.5) is 0 Å². The first-order valence-corrected chi connectivity index (χ1v) is 4.58. The summed E-state index contributed by atoms with van der Waals surface area (Å²) in [7, 11) is 1.02. The lowest BCUT2D eigenvalue weighted by Crippen LogP contribution is -2.14. The van der Waals surface area contributed by atoms with E-state index >= 15 is 0 Å². The first kappa shape index (κ1) is 7.53. The van der Waals surface area contributed by atoms with E-state index in [4.69, 9.17) is 5.21 Å². The van der Waals surface area contributed by atoms with Gasteiger partial charge in [0.2, 0.25) is 0 Å².